The van der Waals surface area contributed by atoms with Gasteiger partial charge < -0.3 is 30.7 Å². The molecule has 3 unspecified atom stereocenters. The van der Waals surface area contributed by atoms with E-state index in [-0.39, 0.29) is 54.0 Å². The van der Waals surface area contributed by atoms with Crippen LogP contribution in [0.3, 0.4) is 0 Å². The first-order chi connectivity index (χ1) is 20.2. The Kier molecular flexibility index (Phi) is 7.10. The minimum atomic E-state index is -1.91. The van der Waals surface area contributed by atoms with Crippen molar-refractivity contribution in [1.82, 2.24) is 24.9 Å². The van der Waals surface area contributed by atoms with Crippen LogP contribution in [0.25, 0.3) is 16.8 Å². The Morgan fingerprint density at radius 1 is 1.17 bits per heavy atom. The lowest BCUT2D eigenvalue weighted by Crippen LogP contribution is -2.62. The van der Waals surface area contributed by atoms with Gasteiger partial charge in [-0.25, -0.2) is 22.9 Å². The summed E-state index contributed by atoms with van der Waals surface area (Å²) in [7, 11) is 1.31. The number of ether oxygens (including phenoxy) is 2. The minimum Gasteiger partial charge on any atom is -0.453 e. The third-order valence-corrected chi connectivity index (χ3v) is 7.73. The molecular weight excluding hydrogens is 553 g/mol. The maximum Gasteiger partial charge on any atom is 0.407 e. The first kappa shape index (κ1) is 27.7. The third-order valence-electron chi connectivity index (χ3n) is 7.73. The summed E-state index contributed by atoms with van der Waals surface area (Å²) in [5.74, 6) is -1.57. The van der Waals surface area contributed by atoms with Crippen LogP contribution in [-0.2, 0) is 15.1 Å². The quantitative estimate of drug-likeness (QED) is 0.313. The Balaban J connectivity index is 1.28. The number of halogens is 3. The monoisotopic (exact) mass is 582 g/mol. The highest BCUT2D eigenvalue weighted by molar-refractivity contribution is 5.74. The first-order valence-electron chi connectivity index (χ1n) is 13.3. The number of rotatable bonds is 6. The Morgan fingerprint density at radius 2 is 1.93 bits per heavy atom. The lowest BCUT2D eigenvalue weighted by atomic mass is 9.90. The lowest BCUT2D eigenvalue weighted by molar-refractivity contribution is -0.135. The first-order valence-corrected chi connectivity index (χ1v) is 13.3. The second-order valence-corrected chi connectivity index (χ2v) is 10.6. The van der Waals surface area contributed by atoms with Gasteiger partial charge in [0.15, 0.2) is 5.67 Å². The fraction of sp³-hybridized carbons (Fsp3) is 0.357. The molecule has 5 heterocycles. The number of anilines is 3. The van der Waals surface area contributed by atoms with Crippen LogP contribution in [-0.4, -0.2) is 71.2 Å². The number of imidazole rings is 1. The lowest BCUT2D eigenvalue weighted by Gasteiger charge is -2.42. The summed E-state index contributed by atoms with van der Waals surface area (Å²) >= 11 is 0. The molecule has 220 valence electrons. The van der Waals surface area contributed by atoms with Gasteiger partial charge in [0.25, 0.3) is 0 Å². The summed E-state index contributed by atoms with van der Waals surface area (Å²) in [5, 5.41) is 10.5. The second-order valence-electron chi connectivity index (χ2n) is 10.6. The number of piperidine rings is 1. The van der Waals surface area contributed by atoms with Gasteiger partial charge in [0.1, 0.15) is 11.6 Å². The van der Waals surface area contributed by atoms with Gasteiger partial charge in [0.2, 0.25) is 5.95 Å². The average Bonchev–Trinajstić information content (AvgIpc) is 3.35. The molecule has 0 saturated carbocycles. The molecule has 2 aliphatic heterocycles. The number of nitrogens with one attached hydrogen (secondary N) is 2. The van der Waals surface area contributed by atoms with Crippen LogP contribution in [0.1, 0.15) is 12.5 Å². The van der Waals surface area contributed by atoms with Crippen LogP contribution in [0.4, 0.5) is 35.3 Å². The molecule has 0 aliphatic carbocycles. The molecule has 1 amide bonds. The molecule has 11 nitrogen and oxygen atoms in total. The molecule has 6 rings (SSSR count). The normalized spacial score (nSPS) is 21.6. The standard InChI is InChI=1S/C28H29F3N8O3/c1-15-11-38(12-20(32)25(15)36-27(40)41-2)23-5-6-33-10-22(23)35-26-34-9-17-3-4-21(37-39(17)26)24-18(29)7-16(8-19(24)30)28(31)13-42-14-28/h3-10,15,20,25H,11-14,32H2,1-2H3,(H,34,35)(H,36,40). The molecule has 0 radical (unpaired) electrons. The molecule has 42 heavy (non-hydrogen) atoms. The van der Waals surface area contributed by atoms with Gasteiger partial charge in [0, 0.05) is 25.3 Å². The summed E-state index contributed by atoms with van der Waals surface area (Å²) in [6.07, 6.45) is 4.32. The summed E-state index contributed by atoms with van der Waals surface area (Å²) in [5.41, 5.74) is 6.03. The van der Waals surface area contributed by atoms with Crippen LogP contribution in [0.2, 0.25) is 0 Å². The maximum absolute atomic E-state index is 15.1. The van der Waals surface area contributed by atoms with Gasteiger partial charge in [0.05, 0.1) is 66.9 Å². The molecule has 3 atom stereocenters. The van der Waals surface area contributed by atoms with Crippen LogP contribution in [0, 0.1) is 17.6 Å². The minimum absolute atomic E-state index is 0.00520. The smallest absolute Gasteiger partial charge is 0.407 e. The number of methoxy groups -OCH3 is 1. The maximum atomic E-state index is 15.1. The van der Waals surface area contributed by atoms with Crippen LogP contribution in [0.5, 0.6) is 0 Å². The van der Waals surface area contributed by atoms with Crippen molar-refractivity contribution >= 4 is 28.9 Å². The van der Waals surface area contributed by atoms with Gasteiger partial charge in [-0.05, 0) is 41.8 Å². The van der Waals surface area contributed by atoms with Gasteiger partial charge >= 0.3 is 6.09 Å². The van der Waals surface area contributed by atoms with Crippen molar-refractivity contribution in [2.24, 2.45) is 11.7 Å². The molecule has 3 aromatic heterocycles. The molecule has 0 bridgehead atoms. The van der Waals surface area contributed by atoms with Crippen LogP contribution in [0.15, 0.2) is 48.9 Å². The summed E-state index contributed by atoms with van der Waals surface area (Å²) in [4.78, 5) is 22.5. The molecule has 14 heteroatoms. The van der Waals surface area contributed by atoms with Gasteiger partial charge in [-0.1, -0.05) is 6.92 Å². The van der Waals surface area contributed by atoms with Crippen LogP contribution >= 0.6 is 0 Å². The third kappa shape index (κ3) is 4.96. The van der Waals surface area contributed by atoms with Gasteiger partial charge in [-0.3, -0.25) is 4.98 Å². The predicted octanol–water partition coefficient (Wildman–Crippen LogP) is 3.52. The number of pyridine rings is 1. The van der Waals surface area contributed by atoms with E-state index in [0.29, 0.717) is 24.3 Å². The van der Waals surface area contributed by atoms with E-state index in [1.54, 1.807) is 24.7 Å². The van der Waals surface area contributed by atoms with Crippen molar-refractivity contribution in [2.45, 2.75) is 24.7 Å². The van der Waals surface area contributed by atoms with Crippen LogP contribution < -0.4 is 21.3 Å². The molecule has 4 aromatic rings. The topological polar surface area (TPSA) is 132 Å². The number of hydrogen-bond donors (Lipinski definition) is 3. The van der Waals surface area contributed by atoms with E-state index in [4.69, 9.17) is 15.2 Å². The highest BCUT2D eigenvalue weighted by Gasteiger charge is 2.42. The van der Waals surface area contributed by atoms with E-state index in [1.165, 1.54) is 17.7 Å². The largest absolute Gasteiger partial charge is 0.453 e. The average molecular weight is 583 g/mol. The van der Waals surface area contributed by atoms with Crippen molar-refractivity contribution < 1.29 is 27.4 Å². The molecular formula is C28H29F3N8O3. The fourth-order valence-electron chi connectivity index (χ4n) is 5.47. The molecule has 2 saturated heterocycles. The van der Waals surface area contributed by atoms with E-state index in [9.17, 15) is 9.18 Å². The number of hydrogen-bond acceptors (Lipinski definition) is 9. The van der Waals surface area contributed by atoms with E-state index >= 15 is 8.78 Å². The molecule has 4 N–H and O–H groups in total. The Bertz CT molecular complexity index is 1610. The number of nitrogens with zero attached hydrogens (tertiary/aromatic N) is 5. The predicted molar refractivity (Wildman–Crippen MR) is 148 cm³/mol. The Morgan fingerprint density at radius 3 is 2.60 bits per heavy atom. The Hall–Kier alpha value is -4.43. The zero-order valence-corrected chi connectivity index (χ0v) is 22.9. The highest BCUT2D eigenvalue weighted by Crippen LogP contribution is 2.37. The van der Waals surface area contributed by atoms with Crippen molar-refractivity contribution in [2.75, 3.05) is 43.6 Å². The molecule has 2 aliphatic rings. The van der Waals surface area contributed by atoms with Crippen molar-refractivity contribution in [3.63, 3.8) is 0 Å². The van der Waals surface area contributed by atoms with Gasteiger partial charge in [-0.2, -0.15) is 9.61 Å². The van der Waals surface area contributed by atoms with Crippen molar-refractivity contribution in [3.05, 3.63) is 66.1 Å². The fourth-order valence-corrected chi connectivity index (χ4v) is 5.47. The summed E-state index contributed by atoms with van der Waals surface area (Å²) < 4.78 is 56.0. The SMILES string of the molecule is COC(=O)NC1C(C)CN(c2ccncc2Nc2ncc3ccc(-c4c(F)cc(C5(F)COC5)cc4F)nn23)CC1N. The molecule has 0 spiro atoms. The number of nitrogens with two attached hydrogens (primary N) is 1. The zero-order chi connectivity index (χ0) is 29.6. The second kappa shape index (κ2) is 10.8. The molecule has 2 fully saturated rings. The van der Waals surface area contributed by atoms with E-state index in [0.717, 1.165) is 17.8 Å². The number of alkyl carbamates (subject to hydrolysis) is 1. The number of alkyl halides is 1. The number of carbonyl (C=O) groups is 1. The number of benzene rings is 1. The van der Waals surface area contributed by atoms with E-state index < -0.39 is 23.4 Å². The highest BCUT2D eigenvalue weighted by atomic mass is 19.1. The number of fused-ring (bicyclic) bond motifs is 1. The van der Waals surface area contributed by atoms with Crippen molar-refractivity contribution in [3.8, 4) is 11.3 Å². The summed E-state index contributed by atoms with van der Waals surface area (Å²) in [6.45, 7) is 2.54. The van der Waals surface area contributed by atoms with E-state index in [2.05, 4.69) is 30.6 Å². The summed E-state index contributed by atoms with van der Waals surface area (Å²) in [6, 6.07) is 6.28. The van der Waals surface area contributed by atoms with Gasteiger partial charge in [-0.15, -0.1) is 0 Å². The number of aromatic nitrogens is 4. The van der Waals surface area contributed by atoms with Crippen molar-refractivity contribution in [1.29, 1.82) is 0 Å². The zero-order valence-electron chi connectivity index (χ0n) is 22.9. The number of amides is 1. The van der Waals surface area contributed by atoms with E-state index in [1.807, 2.05) is 13.0 Å². The molecule has 1 aromatic carbocycles. The number of carbonyl (C=O) groups excluding carboxylic acids is 1. The Labute approximate surface area is 238 Å².